The Balaban J connectivity index is 1.68. The number of rotatable bonds is 5. The molecule has 1 saturated heterocycles. The Bertz CT molecular complexity index is 748. The van der Waals surface area contributed by atoms with Crippen molar-refractivity contribution in [3.63, 3.8) is 0 Å². The van der Waals surface area contributed by atoms with Crippen molar-refractivity contribution < 1.29 is 13.6 Å². The number of hydrogen-bond donors (Lipinski definition) is 1. The summed E-state index contributed by atoms with van der Waals surface area (Å²) in [6.45, 7) is 1.80. The fourth-order valence-electron chi connectivity index (χ4n) is 2.91. The third-order valence-electron chi connectivity index (χ3n) is 4.12. The monoisotopic (exact) mass is 362 g/mol. The summed E-state index contributed by atoms with van der Waals surface area (Å²) >= 11 is 1.13. The Labute approximate surface area is 150 Å². The van der Waals surface area contributed by atoms with Crippen LogP contribution in [0.3, 0.4) is 0 Å². The zero-order valence-electron chi connectivity index (χ0n) is 13.8. The molecule has 1 aliphatic rings. The fourth-order valence-corrected chi connectivity index (χ4v) is 3.65. The molecule has 0 spiro atoms. The van der Waals surface area contributed by atoms with Gasteiger partial charge in [-0.1, -0.05) is 12.1 Å². The van der Waals surface area contributed by atoms with Gasteiger partial charge in [-0.05, 0) is 49.6 Å². The lowest BCUT2D eigenvalue weighted by Gasteiger charge is -2.30. The van der Waals surface area contributed by atoms with Gasteiger partial charge in [-0.15, -0.1) is 11.8 Å². The van der Waals surface area contributed by atoms with Gasteiger partial charge in [0.2, 0.25) is 5.91 Å². The summed E-state index contributed by atoms with van der Waals surface area (Å²) in [5.74, 6) is -0.952. The van der Waals surface area contributed by atoms with Gasteiger partial charge in [0, 0.05) is 18.0 Å². The smallest absolute Gasteiger partial charge is 0.234 e. The van der Waals surface area contributed by atoms with Crippen LogP contribution < -0.4 is 10.2 Å². The molecule has 6 heteroatoms. The molecule has 1 aliphatic heterocycles. The van der Waals surface area contributed by atoms with Crippen molar-refractivity contribution in [1.82, 2.24) is 0 Å². The molecule has 0 radical (unpaired) electrons. The van der Waals surface area contributed by atoms with Crippen molar-refractivity contribution in [3.05, 3.63) is 54.1 Å². The number of carbonyl (C=O) groups is 1. The van der Waals surface area contributed by atoms with E-state index in [1.165, 1.54) is 24.6 Å². The lowest BCUT2D eigenvalue weighted by molar-refractivity contribution is -0.113. The average Bonchev–Trinajstić information content (AvgIpc) is 2.62. The van der Waals surface area contributed by atoms with E-state index in [1.54, 1.807) is 24.3 Å². The Hall–Kier alpha value is -2.08. The van der Waals surface area contributed by atoms with Crippen molar-refractivity contribution in [2.45, 2.75) is 24.2 Å². The molecule has 1 heterocycles. The molecule has 0 bridgehead atoms. The molecular formula is C19H20F2N2OS. The molecule has 0 unspecified atom stereocenters. The van der Waals surface area contributed by atoms with Crippen LogP contribution in [0.15, 0.2) is 47.4 Å². The first-order valence-corrected chi connectivity index (χ1v) is 9.34. The van der Waals surface area contributed by atoms with Gasteiger partial charge < -0.3 is 10.2 Å². The van der Waals surface area contributed by atoms with E-state index < -0.39 is 5.82 Å². The largest absolute Gasteiger partial charge is 0.370 e. The number of hydrogen-bond acceptors (Lipinski definition) is 3. The first-order valence-electron chi connectivity index (χ1n) is 8.35. The van der Waals surface area contributed by atoms with Crippen LogP contribution in [0.25, 0.3) is 0 Å². The lowest BCUT2D eigenvalue weighted by Crippen LogP contribution is -2.30. The summed E-state index contributed by atoms with van der Waals surface area (Å²) < 4.78 is 27.3. The Morgan fingerprint density at radius 2 is 1.84 bits per heavy atom. The van der Waals surface area contributed by atoms with Crippen LogP contribution in [0, 0.1) is 11.6 Å². The second-order valence-electron chi connectivity index (χ2n) is 5.98. The summed E-state index contributed by atoms with van der Waals surface area (Å²) in [7, 11) is 0. The maximum atomic E-state index is 13.6. The van der Waals surface area contributed by atoms with Gasteiger partial charge in [0.05, 0.1) is 17.1 Å². The zero-order chi connectivity index (χ0) is 17.6. The molecule has 1 N–H and O–H groups in total. The number of nitrogens with one attached hydrogen (secondary N) is 1. The molecule has 0 aromatic heterocycles. The number of halogens is 2. The maximum Gasteiger partial charge on any atom is 0.234 e. The summed E-state index contributed by atoms with van der Waals surface area (Å²) in [6, 6.07) is 10.8. The van der Waals surface area contributed by atoms with E-state index in [0.29, 0.717) is 10.6 Å². The molecule has 1 fully saturated rings. The molecule has 3 nitrogen and oxygen atoms in total. The number of nitrogens with zero attached hydrogens (tertiary/aromatic N) is 1. The van der Waals surface area contributed by atoms with E-state index in [-0.39, 0.29) is 17.5 Å². The SMILES string of the molecule is O=C(CSc1ccccc1F)Nc1cc(F)ccc1N1CCCCC1. The van der Waals surface area contributed by atoms with E-state index in [9.17, 15) is 13.6 Å². The first-order chi connectivity index (χ1) is 12.1. The summed E-state index contributed by atoms with van der Waals surface area (Å²) in [5.41, 5.74) is 1.31. The molecule has 3 rings (SSSR count). The van der Waals surface area contributed by atoms with Crippen LogP contribution in [-0.2, 0) is 4.79 Å². The molecule has 0 aliphatic carbocycles. The van der Waals surface area contributed by atoms with E-state index in [2.05, 4.69) is 10.2 Å². The molecule has 2 aromatic rings. The average molecular weight is 362 g/mol. The molecular weight excluding hydrogens is 342 g/mol. The van der Waals surface area contributed by atoms with Crippen molar-refractivity contribution in [2.75, 3.05) is 29.1 Å². The van der Waals surface area contributed by atoms with Crippen LogP contribution in [0.2, 0.25) is 0 Å². The van der Waals surface area contributed by atoms with Gasteiger partial charge in [0.15, 0.2) is 0 Å². The van der Waals surface area contributed by atoms with Crippen LogP contribution in [-0.4, -0.2) is 24.7 Å². The minimum Gasteiger partial charge on any atom is -0.370 e. The van der Waals surface area contributed by atoms with Gasteiger partial charge in [0.25, 0.3) is 0 Å². The highest BCUT2D eigenvalue weighted by atomic mass is 32.2. The second kappa shape index (κ2) is 8.34. The van der Waals surface area contributed by atoms with Gasteiger partial charge >= 0.3 is 0 Å². The summed E-state index contributed by atoms with van der Waals surface area (Å²) in [4.78, 5) is 14.8. The number of thioether (sulfide) groups is 1. The Morgan fingerprint density at radius 1 is 1.08 bits per heavy atom. The Morgan fingerprint density at radius 3 is 2.60 bits per heavy atom. The number of amides is 1. The predicted octanol–water partition coefficient (Wildman–Crippen LogP) is 4.69. The van der Waals surface area contributed by atoms with E-state index in [0.717, 1.165) is 43.4 Å². The predicted molar refractivity (Wildman–Crippen MR) is 98.2 cm³/mol. The van der Waals surface area contributed by atoms with Gasteiger partial charge in [-0.3, -0.25) is 4.79 Å². The van der Waals surface area contributed by atoms with Gasteiger partial charge in [-0.2, -0.15) is 0 Å². The third-order valence-corrected chi connectivity index (χ3v) is 5.17. The molecule has 132 valence electrons. The topological polar surface area (TPSA) is 32.3 Å². The van der Waals surface area contributed by atoms with Crippen molar-refractivity contribution in [2.24, 2.45) is 0 Å². The molecule has 25 heavy (non-hydrogen) atoms. The van der Waals surface area contributed by atoms with Crippen molar-refractivity contribution >= 4 is 29.0 Å². The van der Waals surface area contributed by atoms with Crippen LogP contribution in [0.4, 0.5) is 20.2 Å². The molecule has 0 atom stereocenters. The van der Waals surface area contributed by atoms with Crippen LogP contribution in [0.1, 0.15) is 19.3 Å². The number of anilines is 2. The van der Waals surface area contributed by atoms with Crippen LogP contribution in [0.5, 0.6) is 0 Å². The number of benzene rings is 2. The van der Waals surface area contributed by atoms with E-state index in [4.69, 9.17) is 0 Å². The summed E-state index contributed by atoms with van der Waals surface area (Å²) in [6.07, 6.45) is 3.38. The highest BCUT2D eigenvalue weighted by molar-refractivity contribution is 8.00. The third kappa shape index (κ3) is 4.72. The highest BCUT2D eigenvalue weighted by Gasteiger charge is 2.17. The molecule has 2 aromatic carbocycles. The maximum absolute atomic E-state index is 13.6. The van der Waals surface area contributed by atoms with Crippen molar-refractivity contribution in [1.29, 1.82) is 0 Å². The van der Waals surface area contributed by atoms with Crippen LogP contribution >= 0.6 is 11.8 Å². The fraction of sp³-hybridized carbons (Fsp3) is 0.316. The van der Waals surface area contributed by atoms with Gasteiger partial charge in [0.1, 0.15) is 11.6 Å². The minimum absolute atomic E-state index is 0.0664. The summed E-state index contributed by atoms with van der Waals surface area (Å²) in [5, 5.41) is 2.77. The minimum atomic E-state index is -0.391. The number of piperidine rings is 1. The van der Waals surface area contributed by atoms with E-state index >= 15 is 0 Å². The standard InChI is InChI=1S/C19H20F2N2OS/c20-14-8-9-17(23-10-4-1-5-11-23)16(12-14)22-19(24)13-25-18-7-3-2-6-15(18)21/h2-3,6-9,12H,1,4-5,10-11,13H2,(H,22,24). The zero-order valence-corrected chi connectivity index (χ0v) is 14.6. The molecule has 0 saturated carbocycles. The van der Waals surface area contributed by atoms with Gasteiger partial charge in [-0.25, -0.2) is 8.78 Å². The Kier molecular flexibility index (Phi) is 5.91. The van der Waals surface area contributed by atoms with Crippen molar-refractivity contribution in [3.8, 4) is 0 Å². The first kappa shape index (κ1) is 17.7. The lowest BCUT2D eigenvalue weighted by atomic mass is 10.1. The highest BCUT2D eigenvalue weighted by Crippen LogP contribution is 2.30. The number of carbonyl (C=O) groups excluding carboxylic acids is 1. The quantitative estimate of drug-likeness (QED) is 0.784. The molecule has 1 amide bonds. The van der Waals surface area contributed by atoms with E-state index in [1.807, 2.05) is 0 Å². The normalized spacial score (nSPS) is 14.4. The second-order valence-corrected chi connectivity index (χ2v) is 6.99.